The molecule has 2 aromatic rings. The molecule has 3 heteroatoms. The molecular weight excluding hydrogens is 246 g/mol. The van der Waals surface area contributed by atoms with Crippen LogP contribution in [-0.2, 0) is 6.42 Å². The molecule has 0 fully saturated rings. The van der Waals surface area contributed by atoms with E-state index in [9.17, 15) is 4.79 Å². The number of aromatic nitrogens is 1. The largest absolute Gasteiger partial charge is 0.294 e. The van der Waals surface area contributed by atoms with Crippen LogP contribution in [0.25, 0.3) is 0 Å². The number of carbonyl (C=O) groups excluding carboxylic acids is 1. The zero-order valence-corrected chi connectivity index (χ0v) is 11.2. The van der Waals surface area contributed by atoms with E-state index in [0.717, 1.165) is 5.56 Å². The van der Waals surface area contributed by atoms with Crippen LogP contribution in [0.15, 0.2) is 36.5 Å². The van der Waals surface area contributed by atoms with Crippen molar-refractivity contribution in [2.24, 2.45) is 0 Å². The Hall–Kier alpha value is -1.67. The SMILES string of the molecule is Cc1ccc(CC(=O)c2ccc(Cl)nc2)cc1C. The highest BCUT2D eigenvalue weighted by Gasteiger charge is 2.08. The Balaban J connectivity index is 2.16. The zero-order valence-electron chi connectivity index (χ0n) is 10.4. The van der Waals surface area contributed by atoms with Gasteiger partial charge in [0.1, 0.15) is 5.15 Å². The maximum atomic E-state index is 12.0. The smallest absolute Gasteiger partial charge is 0.168 e. The lowest BCUT2D eigenvalue weighted by Gasteiger charge is -2.05. The normalized spacial score (nSPS) is 10.4. The minimum absolute atomic E-state index is 0.0578. The summed E-state index contributed by atoms with van der Waals surface area (Å²) in [6.45, 7) is 4.11. The summed E-state index contributed by atoms with van der Waals surface area (Å²) in [5, 5.41) is 0.401. The molecule has 0 atom stereocenters. The average molecular weight is 260 g/mol. The summed E-state index contributed by atoms with van der Waals surface area (Å²) in [5.74, 6) is 0.0578. The summed E-state index contributed by atoms with van der Waals surface area (Å²) in [4.78, 5) is 16.0. The Bertz CT molecular complexity index is 576. The molecule has 0 saturated heterocycles. The van der Waals surface area contributed by atoms with Gasteiger partial charge in [-0.1, -0.05) is 29.8 Å². The molecule has 0 aliphatic carbocycles. The second-order valence-electron chi connectivity index (χ2n) is 4.39. The van der Waals surface area contributed by atoms with Crippen molar-refractivity contribution in [3.63, 3.8) is 0 Å². The van der Waals surface area contributed by atoms with Gasteiger partial charge in [0.15, 0.2) is 5.78 Å². The van der Waals surface area contributed by atoms with Gasteiger partial charge in [-0.2, -0.15) is 0 Å². The van der Waals surface area contributed by atoms with Crippen LogP contribution in [0.5, 0.6) is 0 Å². The van der Waals surface area contributed by atoms with Crippen LogP contribution < -0.4 is 0 Å². The first-order chi connectivity index (χ1) is 8.56. The van der Waals surface area contributed by atoms with Crippen LogP contribution in [0.4, 0.5) is 0 Å². The number of hydrogen-bond acceptors (Lipinski definition) is 2. The monoisotopic (exact) mass is 259 g/mol. The third kappa shape index (κ3) is 2.96. The highest BCUT2D eigenvalue weighted by atomic mass is 35.5. The summed E-state index contributed by atoms with van der Waals surface area (Å²) in [5.41, 5.74) is 4.06. The van der Waals surface area contributed by atoms with Crippen molar-refractivity contribution in [3.05, 3.63) is 63.9 Å². The first-order valence-electron chi connectivity index (χ1n) is 5.77. The van der Waals surface area contributed by atoms with E-state index in [0.29, 0.717) is 17.1 Å². The van der Waals surface area contributed by atoms with E-state index >= 15 is 0 Å². The maximum absolute atomic E-state index is 12.0. The standard InChI is InChI=1S/C15H14ClNO/c1-10-3-4-12(7-11(10)2)8-14(18)13-5-6-15(16)17-9-13/h3-7,9H,8H2,1-2H3. The number of benzene rings is 1. The van der Waals surface area contributed by atoms with Gasteiger partial charge in [0.05, 0.1) is 0 Å². The third-order valence-corrected chi connectivity index (χ3v) is 3.21. The third-order valence-electron chi connectivity index (χ3n) is 2.99. The molecule has 0 N–H and O–H groups in total. The van der Waals surface area contributed by atoms with Crippen molar-refractivity contribution in [1.82, 2.24) is 4.98 Å². The van der Waals surface area contributed by atoms with Gasteiger partial charge in [-0.15, -0.1) is 0 Å². The van der Waals surface area contributed by atoms with Crippen LogP contribution >= 0.6 is 11.6 Å². The fourth-order valence-electron chi connectivity index (χ4n) is 1.74. The number of pyridine rings is 1. The number of aryl methyl sites for hydroxylation is 2. The lowest BCUT2D eigenvalue weighted by Crippen LogP contribution is -2.04. The predicted octanol–water partition coefficient (Wildman–Crippen LogP) is 3.78. The summed E-state index contributed by atoms with van der Waals surface area (Å²) in [6.07, 6.45) is 1.91. The number of halogens is 1. The quantitative estimate of drug-likeness (QED) is 0.620. The van der Waals surface area contributed by atoms with Crippen LogP contribution in [0, 0.1) is 13.8 Å². The second kappa shape index (κ2) is 5.32. The van der Waals surface area contributed by atoms with Crippen molar-refractivity contribution in [3.8, 4) is 0 Å². The second-order valence-corrected chi connectivity index (χ2v) is 4.78. The fourth-order valence-corrected chi connectivity index (χ4v) is 1.85. The first-order valence-corrected chi connectivity index (χ1v) is 6.15. The van der Waals surface area contributed by atoms with Gasteiger partial charge in [-0.3, -0.25) is 4.79 Å². The minimum Gasteiger partial charge on any atom is -0.294 e. The Labute approximate surface area is 112 Å². The van der Waals surface area contributed by atoms with Crippen molar-refractivity contribution in [2.45, 2.75) is 20.3 Å². The highest BCUT2D eigenvalue weighted by molar-refractivity contribution is 6.29. The number of nitrogens with zero attached hydrogens (tertiary/aromatic N) is 1. The summed E-state index contributed by atoms with van der Waals surface area (Å²) >= 11 is 5.69. The fraction of sp³-hybridized carbons (Fsp3) is 0.200. The molecule has 92 valence electrons. The average Bonchev–Trinajstić information content (AvgIpc) is 2.34. The molecule has 0 amide bonds. The Kier molecular flexibility index (Phi) is 3.78. The van der Waals surface area contributed by atoms with Crippen molar-refractivity contribution in [2.75, 3.05) is 0 Å². The molecule has 1 heterocycles. The van der Waals surface area contributed by atoms with Gasteiger partial charge in [-0.25, -0.2) is 4.98 Å². The van der Waals surface area contributed by atoms with E-state index in [4.69, 9.17) is 11.6 Å². The molecule has 2 rings (SSSR count). The zero-order chi connectivity index (χ0) is 13.1. The van der Waals surface area contributed by atoms with E-state index in [1.807, 2.05) is 19.1 Å². The summed E-state index contributed by atoms with van der Waals surface area (Å²) in [6, 6.07) is 9.42. The molecule has 1 aromatic carbocycles. The van der Waals surface area contributed by atoms with Crippen molar-refractivity contribution >= 4 is 17.4 Å². The van der Waals surface area contributed by atoms with E-state index in [1.54, 1.807) is 12.1 Å². The molecule has 1 aromatic heterocycles. The lowest BCUT2D eigenvalue weighted by atomic mass is 10.0. The summed E-state index contributed by atoms with van der Waals surface area (Å²) < 4.78 is 0. The molecule has 2 nitrogen and oxygen atoms in total. The van der Waals surface area contributed by atoms with Crippen LogP contribution in [0.1, 0.15) is 27.0 Å². The molecule has 0 unspecified atom stereocenters. The number of hydrogen-bond donors (Lipinski definition) is 0. The Morgan fingerprint density at radius 1 is 1.17 bits per heavy atom. The van der Waals surface area contributed by atoms with E-state index in [-0.39, 0.29) is 5.78 Å². The number of ketones is 1. The number of Topliss-reactive ketones (excluding diaryl/α,β-unsaturated/α-hetero) is 1. The molecular formula is C15H14ClNO. The minimum atomic E-state index is 0.0578. The molecule has 18 heavy (non-hydrogen) atoms. The Morgan fingerprint density at radius 3 is 2.56 bits per heavy atom. The van der Waals surface area contributed by atoms with Crippen molar-refractivity contribution in [1.29, 1.82) is 0 Å². The van der Waals surface area contributed by atoms with E-state index in [1.165, 1.54) is 17.3 Å². The first kappa shape index (κ1) is 12.8. The molecule has 0 saturated carbocycles. The highest BCUT2D eigenvalue weighted by Crippen LogP contribution is 2.13. The van der Waals surface area contributed by atoms with Crippen LogP contribution in [0.2, 0.25) is 5.15 Å². The summed E-state index contributed by atoms with van der Waals surface area (Å²) in [7, 11) is 0. The molecule has 0 bridgehead atoms. The Morgan fingerprint density at radius 2 is 1.94 bits per heavy atom. The molecule has 0 radical (unpaired) electrons. The van der Waals surface area contributed by atoms with Crippen molar-refractivity contribution < 1.29 is 4.79 Å². The number of carbonyl (C=O) groups is 1. The van der Waals surface area contributed by atoms with Gasteiger partial charge in [0.2, 0.25) is 0 Å². The van der Waals surface area contributed by atoms with Gasteiger partial charge < -0.3 is 0 Å². The van der Waals surface area contributed by atoms with Gasteiger partial charge in [0.25, 0.3) is 0 Å². The van der Waals surface area contributed by atoms with E-state index < -0.39 is 0 Å². The van der Waals surface area contributed by atoms with Crippen LogP contribution in [-0.4, -0.2) is 10.8 Å². The topological polar surface area (TPSA) is 30.0 Å². The number of rotatable bonds is 3. The molecule has 0 aliphatic rings. The predicted molar refractivity (Wildman–Crippen MR) is 73.2 cm³/mol. The van der Waals surface area contributed by atoms with E-state index in [2.05, 4.69) is 18.0 Å². The maximum Gasteiger partial charge on any atom is 0.168 e. The van der Waals surface area contributed by atoms with Gasteiger partial charge >= 0.3 is 0 Å². The van der Waals surface area contributed by atoms with Gasteiger partial charge in [0, 0.05) is 18.2 Å². The van der Waals surface area contributed by atoms with Gasteiger partial charge in [-0.05, 0) is 42.7 Å². The van der Waals surface area contributed by atoms with Crippen LogP contribution in [0.3, 0.4) is 0 Å². The molecule has 0 spiro atoms. The lowest BCUT2D eigenvalue weighted by molar-refractivity contribution is 0.0992. The molecule has 0 aliphatic heterocycles.